The van der Waals surface area contributed by atoms with Crippen LogP contribution in [0.2, 0.25) is 0 Å². The normalized spacial score (nSPS) is 26.5. The molecule has 1 fully saturated rings. The van der Waals surface area contributed by atoms with Crippen molar-refractivity contribution in [1.29, 1.82) is 0 Å². The Balaban J connectivity index is 2.44. The van der Waals surface area contributed by atoms with Gasteiger partial charge in [0.25, 0.3) is 0 Å². The minimum Gasteiger partial charge on any atom is -0.392 e. The summed E-state index contributed by atoms with van der Waals surface area (Å²) in [5, 5.41) is 9.42. The number of aliphatic hydroxyl groups is 1. The zero-order chi connectivity index (χ0) is 11.3. The van der Waals surface area contributed by atoms with Crippen LogP contribution in [0.4, 0.5) is 0 Å². The first kappa shape index (κ1) is 12.7. The van der Waals surface area contributed by atoms with E-state index in [1.807, 2.05) is 13.0 Å². The second-order valence-corrected chi connectivity index (χ2v) is 4.45. The van der Waals surface area contributed by atoms with Crippen molar-refractivity contribution in [3.63, 3.8) is 0 Å². The van der Waals surface area contributed by atoms with E-state index >= 15 is 0 Å². The van der Waals surface area contributed by atoms with E-state index in [9.17, 15) is 5.11 Å². The van der Waals surface area contributed by atoms with Crippen molar-refractivity contribution in [3.8, 4) is 0 Å². The van der Waals surface area contributed by atoms with Crippen LogP contribution in [0, 0.1) is 0 Å². The lowest BCUT2D eigenvalue weighted by molar-refractivity contribution is 0.0408. The third kappa shape index (κ3) is 3.93. The Kier molecular flexibility index (Phi) is 5.29. The van der Waals surface area contributed by atoms with Crippen LogP contribution in [-0.4, -0.2) is 59.8 Å². The first-order valence-corrected chi connectivity index (χ1v) is 5.92. The molecule has 1 aliphatic heterocycles. The van der Waals surface area contributed by atoms with Crippen molar-refractivity contribution >= 4 is 0 Å². The van der Waals surface area contributed by atoms with Gasteiger partial charge in [-0.05, 0) is 13.3 Å². The van der Waals surface area contributed by atoms with Crippen molar-refractivity contribution in [2.45, 2.75) is 32.4 Å². The first-order chi connectivity index (χ1) is 7.17. The van der Waals surface area contributed by atoms with Crippen molar-refractivity contribution in [2.24, 2.45) is 0 Å². The molecular formula is C12H24N2O. The Morgan fingerprint density at radius 2 is 2.27 bits per heavy atom. The predicted octanol–water partition coefficient (Wildman–Crippen LogP) is 0.949. The molecular weight excluding hydrogens is 188 g/mol. The highest BCUT2D eigenvalue weighted by molar-refractivity contribution is 4.85. The molecule has 1 heterocycles. The molecule has 0 aromatic rings. The maximum Gasteiger partial charge on any atom is 0.0639 e. The lowest BCUT2D eigenvalue weighted by Gasteiger charge is -2.41. The van der Waals surface area contributed by atoms with Crippen LogP contribution in [0.25, 0.3) is 0 Å². The van der Waals surface area contributed by atoms with E-state index in [2.05, 4.69) is 23.3 Å². The molecule has 0 aliphatic carbocycles. The molecule has 2 atom stereocenters. The minimum atomic E-state index is -0.218. The maximum atomic E-state index is 9.42. The van der Waals surface area contributed by atoms with Crippen LogP contribution in [0.3, 0.4) is 0 Å². The van der Waals surface area contributed by atoms with Gasteiger partial charge in [0.15, 0.2) is 0 Å². The topological polar surface area (TPSA) is 26.7 Å². The molecule has 3 heteroatoms. The Morgan fingerprint density at radius 1 is 1.53 bits per heavy atom. The fraction of sp³-hybridized carbons (Fsp3) is 0.833. The Bertz CT molecular complexity index is 194. The van der Waals surface area contributed by atoms with Gasteiger partial charge in [-0.15, -0.1) is 6.58 Å². The molecule has 0 amide bonds. The quantitative estimate of drug-likeness (QED) is 0.687. The number of β-amino-alcohol motifs (C(OH)–C–C–N with tert-alkyl or cyclic N) is 1. The van der Waals surface area contributed by atoms with Crippen LogP contribution in [-0.2, 0) is 0 Å². The molecule has 0 aromatic carbocycles. The highest BCUT2D eigenvalue weighted by Crippen LogP contribution is 2.13. The molecule has 1 N–H and O–H groups in total. The van der Waals surface area contributed by atoms with Crippen LogP contribution in [0.5, 0.6) is 0 Å². The zero-order valence-corrected chi connectivity index (χ0v) is 10.0. The Morgan fingerprint density at radius 3 is 2.80 bits per heavy atom. The van der Waals surface area contributed by atoms with E-state index in [-0.39, 0.29) is 6.10 Å². The smallest absolute Gasteiger partial charge is 0.0639 e. The van der Waals surface area contributed by atoms with Crippen LogP contribution in [0.1, 0.15) is 20.3 Å². The van der Waals surface area contributed by atoms with Gasteiger partial charge >= 0.3 is 0 Å². The van der Waals surface area contributed by atoms with Gasteiger partial charge in [-0.25, -0.2) is 0 Å². The Hall–Kier alpha value is -0.380. The van der Waals surface area contributed by atoms with Gasteiger partial charge in [-0.3, -0.25) is 9.80 Å². The van der Waals surface area contributed by atoms with Crippen molar-refractivity contribution in [1.82, 2.24) is 9.80 Å². The summed E-state index contributed by atoms with van der Waals surface area (Å²) in [4.78, 5) is 4.84. The van der Waals surface area contributed by atoms with E-state index in [0.29, 0.717) is 6.04 Å². The lowest BCUT2D eigenvalue weighted by Crippen LogP contribution is -2.54. The van der Waals surface area contributed by atoms with Crippen LogP contribution >= 0.6 is 0 Å². The molecule has 0 radical (unpaired) electrons. The summed E-state index contributed by atoms with van der Waals surface area (Å²) in [6.45, 7) is 12.9. The molecule has 1 saturated heterocycles. The van der Waals surface area contributed by atoms with Gasteiger partial charge in [0, 0.05) is 38.8 Å². The molecule has 0 spiro atoms. The SMILES string of the molecule is C=CCN1CCN(C[C@@H](C)O)[C@H](CC)C1. The van der Waals surface area contributed by atoms with E-state index in [1.54, 1.807) is 0 Å². The number of rotatable bonds is 5. The van der Waals surface area contributed by atoms with E-state index in [1.165, 1.54) is 0 Å². The van der Waals surface area contributed by atoms with Crippen LogP contribution < -0.4 is 0 Å². The van der Waals surface area contributed by atoms with Crippen LogP contribution in [0.15, 0.2) is 12.7 Å². The highest BCUT2D eigenvalue weighted by Gasteiger charge is 2.25. The highest BCUT2D eigenvalue weighted by atomic mass is 16.3. The standard InChI is InChI=1S/C12H24N2O/c1-4-6-13-7-8-14(9-11(3)15)12(5-2)10-13/h4,11-12,15H,1,5-10H2,2-3H3/t11-,12-/m1/s1. The number of hydrogen-bond acceptors (Lipinski definition) is 3. The largest absolute Gasteiger partial charge is 0.392 e. The zero-order valence-electron chi connectivity index (χ0n) is 10.0. The predicted molar refractivity (Wildman–Crippen MR) is 64.0 cm³/mol. The third-order valence-corrected chi connectivity index (χ3v) is 3.05. The molecule has 0 bridgehead atoms. The first-order valence-electron chi connectivity index (χ1n) is 5.92. The van der Waals surface area contributed by atoms with Gasteiger partial charge in [-0.1, -0.05) is 13.0 Å². The van der Waals surface area contributed by atoms with E-state index in [0.717, 1.165) is 39.1 Å². The van der Waals surface area contributed by atoms with Gasteiger partial charge in [0.05, 0.1) is 6.10 Å². The van der Waals surface area contributed by atoms with Crippen molar-refractivity contribution < 1.29 is 5.11 Å². The Labute approximate surface area is 93.4 Å². The molecule has 0 aromatic heterocycles. The second-order valence-electron chi connectivity index (χ2n) is 4.45. The summed E-state index contributed by atoms with van der Waals surface area (Å²) in [6, 6.07) is 0.591. The van der Waals surface area contributed by atoms with Gasteiger partial charge in [0.2, 0.25) is 0 Å². The summed E-state index contributed by atoms with van der Waals surface area (Å²) < 4.78 is 0. The fourth-order valence-corrected chi connectivity index (χ4v) is 2.27. The molecule has 3 nitrogen and oxygen atoms in total. The molecule has 1 rings (SSSR count). The monoisotopic (exact) mass is 212 g/mol. The fourth-order valence-electron chi connectivity index (χ4n) is 2.27. The molecule has 0 unspecified atom stereocenters. The van der Waals surface area contributed by atoms with Crippen molar-refractivity contribution in [3.05, 3.63) is 12.7 Å². The molecule has 1 aliphatic rings. The number of piperazine rings is 1. The van der Waals surface area contributed by atoms with Gasteiger partial charge in [-0.2, -0.15) is 0 Å². The summed E-state index contributed by atoms with van der Waals surface area (Å²) in [5.74, 6) is 0. The number of hydrogen-bond donors (Lipinski definition) is 1. The second kappa shape index (κ2) is 6.26. The third-order valence-electron chi connectivity index (χ3n) is 3.05. The molecule has 15 heavy (non-hydrogen) atoms. The summed E-state index contributed by atoms with van der Waals surface area (Å²) in [6.07, 6.45) is 2.90. The molecule has 88 valence electrons. The van der Waals surface area contributed by atoms with E-state index in [4.69, 9.17) is 0 Å². The number of nitrogens with zero attached hydrogens (tertiary/aromatic N) is 2. The average Bonchev–Trinajstić information content (AvgIpc) is 2.20. The summed E-state index contributed by atoms with van der Waals surface area (Å²) >= 11 is 0. The number of aliphatic hydroxyl groups excluding tert-OH is 1. The minimum absolute atomic E-state index is 0.218. The maximum absolute atomic E-state index is 9.42. The summed E-state index contributed by atoms with van der Waals surface area (Å²) in [7, 11) is 0. The average molecular weight is 212 g/mol. The van der Waals surface area contributed by atoms with Gasteiger partial charge in [0.1, 0.15) is 0 Å². The van der Waals surface area contributed by atoms with Crippen molar-refractivity contribution in [2.75, 3.05) is 32.7 Å². The molecule has 0 saturated carbocycles. The summed E-state index contributed by atoms with van der Waals surface area (Å²) in [5.41, 5.74) is 0. The lowest BCUT2D eigenvalue weighted by atomic mass is 10.1. The van der Waals surface area contributed by atoms with Gasteiger partial charge < -0.3 is 5.11 Å². The van der Waals surface area contributed by atoms with E-state index < -0.39 is 0 Å².